The fourth-order valence-electron chi connectivity index (χ4n) is 2.98. The molecule has 2 atom stereocenters. The molecule has 0 spiro atoms. The third kappa shape index (κ3) is 3.06. The molecule has 21 heavy (non-hydrogen) atoms. The Bertz CT molecular complexity index is 532. The first-order valence-corrected chi connectivity index (χ1v) is 7.20. The molecule has 114 valence electrons. The molecule has 0 bridgehead atoms. The van der Waals surface area contributed by atoms with Crippen molar-refractivity contribution < 1.29 is 18.3 Å². The first-order valence-electron chi connectivity index (χ1n) is 7.20. The third-order valence-corrected chi connectivity index (χ3v) is 4.05. The minimum absolute atomic E-state index is 0.0608. The molecule has 1 aromatic rings. The average Bonchev–Trinajstić information content (AvgIpc) is 2.82. The summed E-state index contributed by atoms with van der Waals surface area (Å²) in [6.45, 7) is 2.10. The van der Waals surface area contributed by atoms with Crippen LogP contribution in [-0.2, 0) is 9.53 Å². The molecule has 2 saturated heterocycles. The standard InChI is InChI=1S/C15H18F2N2O2/c16-11-3-4-12(13(17)6-11)15-18-7-14(20)19(15)8-10-2-1-5-21-9-10/h3-4,6,10,15,18H,1-2,5,7-9H2. The van der Waals surface area contributed by atoms with E-state index in [9.17, 15) is 13.6 Å². The summed E-state index contributed by atoms with van der Waals surface area (Å²) < 4.78 is 32.4. The fourth-order valence-corrected chi connectivity index (χ4v) is 2.98. The zero-order chi connectivity index (χ0) is 14.8. The Morgan fingerprint density at radius 3 is 2.95 bits per heavy atom. The van der Waals surface area contributed by atoms with E-state index in [4.69, 9.17) is 4.74 Å². The van der Waals surface area contributed by atoms with Gasteiger partial charge in [0.1, 0.15) is 17.8 Å². The van der Waals surface area contributed by atoms with Crippen LogP contribution in [0.15, 0.2) is 18.2 Å². The van der Waals surface area contributed by atoms with Crippen LogP contribution in [0.3, 0.4) is 0 Å². The van der Waals surface area contributed by atoms with Gasteiger partial charge in [0.25, 0.3) is 0 Å². The number of rotatable bonds is 3. The van der Waals surface area contributed by atoms with Crippen LogP contribution in [0.2, 0.25) is 0 Å². The third-order valence-electron chi connectivity index (χ3n) is 4.05. The lowest BCUT2D eigenvalue weighted by Gasteiger charge is -2.31. The minimum Gasteiger partial charge on any atom is -0.381 e. The van der Waals surface area contributed by atoms with Crippen molar-refractivity contribution in [2.45, 2.75) is 19.0 Å². The molecule has 0 aromatic heterocycles. The Balaban J connectivity index is 1.78. The summed E-state index contributed by atoms with van der Waals surface area (Å²) in [4.78, 5) is 13.7. The van der Waals surface area contributed by atoms with Crippen molar-refractivity contribution in [2.24, 2.45) is 5.92 Å². The molecule has 2 aliphatic heterocycles. The van der Waals surface area contributed by atoms with E-state index >= 15 is 0 Å². The van der Waals surface area contributed by atoms with Crippen LogP contribution >= 0.6 is 0 Å². The highest BCUT2D eigenvalue weighted by atomic mass is 19.1. The van der Waals surface area contributed by atoms with Gasteiger partial charge in [0.15, 0.2) is 0 Å². The molecule has 3 rings (SSSR count). The lowest BCUT2D eigenvalue weighted by Crippen LogP contribution is -2.37. The maximum atomic E-state index is 13.9. The zero-order valence-electron chi connectivity index (χ0n) is 11.6. The van der Waals surface area contributed by atoms with Crippen LogP contribution in [0, 0.1) is 17.6 Å². The second kappa shape index (κ2) is 6.07. The number of carbonyl (C=O) groups is 1. The number of hydrogen-bond donors (Lipinski definition) is 1. The Hall–Kier alpha value is -1.53. The molecule has 0 aliphatic carbocycles. The summed E-state index contributed by atoms with van der Waals surface area (Å²) in [5.74, 6) is -1.04. The lowest BCUT2D eigenvalue weighted by molar-refractivity contribution is -0.129. The number of carbonyl (C=O) groups excluding carboxylic acids is 1. The second-order valence-corrected chi connectivity index (χ2v) is 5.58. The predicted octanol–water partition coefficient (Wildman–Crippen LogP) is 1.82. The van der Waals surface area contributed by atoms with Crippen LogP contribution in [0.25, 0.3) is 0 Å². The monoisotopic (exact) mass is 296 g/mol. The molecule has 1 amide bonds. The fraction of sp³-hybridized carbons (Fsp3) is 0.533. The molecule has 4 nitrogen and oxygen atoms in total. The van der Waals surface area contributed by atoms with E-state index < -0.39 is 17.8 Å². The average molecular weight is 296 g/mol. The van der Waals surface area contributed by atoms with Crippen molar-refractivity contribution in [3.05, 3.63) is 35.4 Å². The molecule has 1 aromatic carbocycles. The van der Waals surface area contributed by atoms with Crippen molar-refractivity contribution >= 4 is 5.91 Å². The number of halogens is 2. The van der Waals surface area contributed by atoms with Crippen LogP contribution < -0.4 is 5.32 Å². The van der Waals surface area contributed by atoms with Crippen molar-refractivity contribution in [1.82, 2.24) is 10.2 Å². The molecule has 2 fully saturated rings. The van der Waals surface area contributed by atoms with Crippen LogP contribution in [0.5, 0.6) is 0 Å². The first-order chi connectivity index (χ1) is 10.1. The van der Waals surface area contributed by atoms with E-state index in [1.54, 1.807) is 4.90 Å². The smallest absolute Gasteiger partial charge is 0.238 e. The van der Waals surface area contributed by atoms with E-state index in [1.807, 2.05) is 0 Å². The van der Waals surface area contributed by atoms with Crippen molar-refractivity contribution in [1.29, 1.82) is 0 Å². The first kappa shape index (κ1) is 14.4. The molecular formula is C15H18F2N2O2. The Kier molecular flexibility index (Phi) is 4.17. The number of nitrogens with one attached hydrogen (secondary N) is 1. The summed E-state index contributed by atoms with van der Waals surface area (Å²) in [6, 6.07) is 3.46. The van der Waals surface area contributed by atoms with Crippen molar-refractivity contribution in [2.75, 3.05) is 26.3 Å². The summed E-state index contributed by atoms with van der Waals surface area (Å²) in [5.41, 5.74) is 0.305. The number of benzene rings is 1. The number of hydrogen-bond acceptors (Lipinski definition) is 3. The second-order valence-electron chi connectivity index (χ2n) is 5.58. The Morgan fingerprint density at radius 2 is 2.24 bits per heavy atom. The van der Waals surface area contributed by atoms with Crippen LogP contribution in [-0.4, -0.2) is 37.1 Å². The molecule has 1 N–H and O–H groups in total. The van der Waals surface area contributed by atoms with Gasteiger partial charge in [-0.05, 0) is 25.0 Å². The van der Waals surface area contributed by atoms with Gasteiger partial charge in [0.05, 0.1) is 13.2 Å². The van der Waals surface area contributed by atoms with E-state index in [2.05, 4.69) is 5.32 Å². The highest BCUT2D eigenvalue weighted by Crippen LogP contribution is 2.27. The number of ether oxygens (including phenoxy) is 1. The summed E-state index contributed by atoms with van der Waals surface area (Å²) in [6.07, 6.45) is 1.46. The van der Waals surface area contributed by atoms with Gasteiger partial charge in [-0.2, -0.15) is 0 Å². The van der Waals surface area contributed by atoms with Gasteiger partial charge in [-0.3, -0.25) is 10.1 Å². The highest BCUT2D eigenvalue weighted by molar-refractivity contribution is 5.81. The van der Waals surface area contributed by atoms with Crippen LogP contribution in [0.1, 0.15) is 24.6 Å². The SMILES string of the molecule is O=C1CNC(c2ccc(F)cc2F)N1CC1CCCOC1. The van der Waals surface area contributed by atoms with E-state index in [0.29, 0.717) is 18.7 Å². The number of amides is 1. The van der Waals surface area contributed by atoms with Gasteiger partial charge in [-0.25, -0.2) is 8.78 Å². The quantitative estimate of drug-likeness (QED) is 0.925. The molecule has 2 unspecified atom stereocenters. The Morgan fingerprint density at radius 1 is 1.38 bits per heavy atom. The predicted molar refractivity (Wildman–Crippen MR) is 72.4 cm³/mol. The molecule has 0 radical (unpaired) electrons. The van der Waals surface area contributed by atoms with Crippen molar-refractivity contribution in [3.8, 4) is 0 Å². The highest BCUT2D eigenvalue weighted by Gasteiger charge is 2.35. The topological polar surface area (TPSA) is 41.6 Å². The van der Waals surface area contributed by atoms with Gasteiger partial charge in [0.2, 0.25) is 5.91 Å². The summed E-state index contributed by atoms with van der Waals surface area (Å²) >= 11 is 0. The van der Waals surface area contributed by atoms with Gasteiger partial charge < -0.3 is 9.64 Å². The van der Waals surface area contributed by atoms with E-state index in [1.165, 1.54) is 12.1 Å². The largest absolute Gasteiger partial charge is 0.381 e. The molecule has 6 heteroatoms. The molecular weight excluding hydrogens is 278 g/mol. The van der Waals surface area contributed by atoms with E-state index in [-0.39, 0.29) is 18.4 Å². The van der Waals surface area contributed by atoms with Gasteiger partial charge in [0, 0.05) is 30.7 Å². The lowest BCUT2D eigenvalue weighted by atomic mass is 10.0. The zero-order valence-corrected chi connectivity index (χ0v) is 11.6. The maximum absolute atomic E-state index is 13.9. The summed E-state index contributed by atoms with van der Waals surface area (Å²) in [7, 11) is 0. The van der Waals surface area contributed by atoms with Gasteiger partial charge >= 0.3 is 0 Å². The minimum atomic E-state index is -0.632. The molecule has 2 heterocycles. The van der Waals surface area contributed by atoms with Crippen molar-refractivity contribution in [3.63, 3.8) is 0 Å². The Labute approximate surface area is 122 Å². The molecule has 0 saturated carbocycles. The normalized spacial score (nSPS) is 26.4. The molecule has 2 aliphatic rings. The van der Waals surface area contributed by atoms with Gasteiger partial charge in [-0.15, -0.1) is 0 Å². The van der Waals surface area contributed by atoms with E-state index in [0.717, 1.165) is 25.5 Å². The summed E-state index contributed by atoms with van der Waals surface area (Å²) in [5, 5.41) is 3.00. The maximum Gasteiger partial charge on any atom is 0.238 e. The van der Waals surface area contributed by atoms with Gasteiger partial charge in [-0.1, -0.05) is 0 Å². The van der Waals surface area contributed by atoms with Crippen LogP contribution in [0.4, 0.5) is 8.78 Å². The number of nitrogens with zero attached hydrogens (tertiary/aromatic N) is 1.